The molecule has 234 valence electrons. The minimum absolute atomic E-state index is 0.0648. The second kappa shape index (κ2) is 11.6. The number of para-hydroxylation sites is 3. The number of benzene rings is 7. The molecule has 4 nitrogen and oxygen atoms in total. The third-order valence-corrected chi connectivity index (χ3v) is 10.2. The van der Waals surface area contributed by atoms with Gasteiger partial charge in [-0.2, -0.15) is 0 Å². The van der Waals surface area contributed by atoms with Crippen LogP contribution in [0.25, 0.3) is 93.0 Å². The predicted octanol–water partition coefficient (Wildman–Crippen LogP) is 12.0. The van der Waals surface area contributed by atoms with Gasteiger partial charge in [-0.3, -0.25) is 0 Å². The van der Waals surface area contributed by atoms with E-state index in [9.17, 15) is 2.74 Å². The normalized spacial score (nSPS) is 13.6. The molecule has 0 fully saturated rings. The van der Waals surface area contributed by atoms with Gasteiger partial charge in [-0.05, 0) is 24.2 Å². The maximum Gasteiger partial charge on any atom is 0.166 e. The van der Waals surface area contributed by atoms with Gasteiger partial charge in [0.05, 0.1) is 26.3 Å². The Hall–Kier alpha value is -6.43. The molecule has 0 aliphatic rings. The number of aromatic nitrogens is 4. The largest absolute Gasteiger partial charge is 0.308 e. The smallest absolute Gasteiger partial charge is 0.166 e. The maximum absolute atomic E-state index is 9.37. The van der Waals surface area contributed by atoms with Crippen molar-refractivity contribution in [3.05, 3.63) is 170 Å². The number of thiophene rings is 1. The first-order chi connectivity index (χ1) is 27.7. The number of rotatable bonds is 5. The van der Waals surface area contributed by atoms with Gasteiger partial charge in [-0.1, -0.05) is 145 Å². The fourth-order valence-corrected chi connectivity index (χ4v) is 7.99. The molecule has 0 radical (unpaired) electrons. The third kappa shape index (κ3) is 4.55. The molecule has 5 heteroatoms. The Labute approximate surface area is 302 Å². The average molecular weight is 664 g/mol. The quantitative estimate of drug-likeness (QED) is 0.184. The first-order valence-corrected chi connectivity index (χ1v) is 17.0. The molecule has 0 aliphatic carbocycles. The van der Waals surface area contributed by atoms with E-state index in [4.69, 9.17) is 21.8 Å². The number of fused-ring (bicyclic) bond motifs is 6. The highest BCUT2D eigenvalue weighted by Gasteiger charge is 2.23. The Balaban J connectivity index is 1.42. The Morgan fingerprint density at radius 2 is 1.02 bits per heavy atom. The molecule has 50 heavy (non-hydrogen) atoms. The van der Waals surface area contributed by atoms with Crippen LogP contribution in [0.3, 0.4) is 0 Å². The van der Waals surface area contributed by atoms with Crippen molar-refractivity contribution in [1.29, 1.82) is 0 Å². The molecule has 0 N–H and O–H groups in total. The fraction of sp³-hybridized carbons (Fsp3) is 0. The molecule has 10 rings (SSSR count). The minimum atomic E-state index is -0.464. The predicted molar refractivity (Wildman–Crippen MR) is 209 cm³/mol. The number of hydrogen-bond acceptors (Lipinski definition) is 4. The third-order valence-electron chi connectivity index (χ3n) is 8.97. The molecular weight excluding hydrogens is 629 g/mol. The van der Waals surface area contributed by atoms with Gasteiger partial charge in [0, 0.05) is 58.8 Å². The van der Waals surface area contributed by atoms with Crippen molar-refractivity contribution in [2.45, 2.75) is 0 Å². The summed E-state index contributed by atoms with van der Waals surface area (Å²) in [6.45, 7) is 0. The lowest BCUT2D eigenvalue weighted by Gasteiger charge is -2.19. The van der Waals surface area contributed by atoms with E-state index >= 15 is 0 Å². The van der Waals surface area contributed by atoms with Crippen molar-refractivity contribution in [3.63, 3.8) is 0 Å². The van der Waals surface area contributed by atoms with Crippen LogP contribution in [-0.2, 0) is 0 Å². The first-order valence-electron chi connectivity index (χ1n) is 19.6. The Bertz CT molecular complexity index is 3220. The molecule has 0 spiro atoms. The van der Waals surface area contributed by atoms with E-state index in [0.717, 1.165) is 36.9 Å². The molecule has 3 aromatic heterocycles. The maximum atomic E-state index is 9.37. The summed E-state index contributed by atoms with van der Waals surface area (Å²) in [5.41, 5.74) is 4.32. The molecule has 0 unspecified atom stereocenters. The lowest BCUT2D eigenvalue weighted by Crippen LogP contribution is -2.05. The van der Waals surface area contributed by atoms with Crippen molar-refractivity contribution >= 4 is 53.3 Å². The molecule has 0 atom stereocenters. The van der Waals surface area contributed by atoms with Crippen LogP contribution in [0, 0.1) is 0 Å². The van der Waals surface area contributed by atoms with Crippen molar-refractivity contribution in [1.82, 2.24) is 19.5 Å². The summed E-state index contributed by atoms with van der Waals surface area (Å²) < 4.78 is 66.9. The van der Waals surface area contributed by atoms with Gasteiger partial charge >= 0.3 is 0 Å². The molecule has 0 bridgehead atoms. The highest BCUT2D eigenvalue weighted by Crippen LogP contribution is 2.45. The van der Waals surface area contributed by atoms with Gasteiger partial charge in [0.15, 0.2) is 17.5 Å². The number of hydrogen-bond donors (Lipinski definition) is 0. The summed E-state index contributed by atoms with van der Waals surface area (Å²) >= 11 is 1.65. The molecule has 10 aromatic rings. The van der Waals surface area contributed by atoms with E-state index in [0.29, 0.717) is 34.3 Å². The van der Waals surface area contributed by atoms with Crippen molar-refractivity contribution < 1.29 is 9.60 Å². The van der Waals surface area contributed by atoms with E-state index in [1.54, 1.807) is 15.9 Å². The minimum Gasteiger partial charge on any atom is -0.308 e. The molecule has 7 aromatic carbocycles. The summed E-state index contributed by atoms with van der Waals surface area (Å²) in [4.78, 5) is 15.1. The summed E-state index contributed by atoms with van der Waals surface area (Å²) in [7, 11) is 0. The van der Waals surface area contributed by atoms with E-state index in [2.05, 4.69) is 18.2 Å². The Morgan fingerprint density at radius 3 is 1.80 bits per heavy atom. The van der Waals surface area contributed by atoms with Crippen LogP contribution < -0.4 is 0 Å². The zero-order chi connectivity index (χ0) is 39.1. The SMILES string of the molecule is [2H]c1cc([2H])c2c(c1[2H])c1c([2H])c([2H])c([2H])c([2H])c1n2-c1c(-c2nc(-c3ccccc3)nc(-c3ccccc3)n2)cccc1-c1cccc2c1sc1ccccc12. The summed E-state index contributed by atoms with van der Waals surface area (Å²) in [6, 6.07) is 38.4. The number of nitrogens with zero attached hydrogens (tertiary/aromatic N) is 4. The van der Waals surface area contributed by atoms with Crippen molar-refractivity contribution in [2.24, 2.45) is 0 Å². The highest BCUT2D eigenvalue weighted by molar-refractivity contribution is 7.26. The molecular formula is C45H28N4S. The summed E-state index contributed by atoms with van der Waals surface area (Å²) in [5.74, 6) is 1.16. The van der Waals surface area contributed by atoms with Crippen LogP contribution in [-0.4, -0.2) is 19.5 Å². The van der Waals surface area contributed by atoms with E-state index < -0.39 is 12.1 Å². The lowest BCUT2D eigenvalue weighted by atomic mass is 9.97. The first kappa shape index (κ1) is 22.3. The van der Waals surface area contributed by atoms with Gasteiger partial charge in [0.2, 0.25) is 0 Å². The molecule has 3 heterocycles. The van der Waals surface area contributed by atoms with Gasteiger partial charge in [-0.15, -0.1) is 11.3 Å². The van der Waals surface area contributed by atoms with Crippen molar-refractivity contribution in [3.8, 4) is 51.0 Å². The van der Waals surface area contributed by atoms with Gasteiger partial charge in [-0.25, -0.2) is 15.0 Å². The highest BCUT2D eigenvalue weighted by atomic mass is 32.1. The van der Waals surface area contributed by atoms with Crippen LogP contribution in [0.5, 0.6) is 0 Å². The van der Waals surface area contributed by atoms with Crippen molar-refractivity contribution in [2.75, 3.05) is 0 Å². The van der Waals surface area contributed by atoms with Crippen LogP contribution in [0.4, 0.5) is 0 Å². The lowest BCUT2D eigenvalue weighted by molar-refractivity contribution is 1.06. The van der Waals surface area contributed by atoms with Gasteiger partial charge < -0.3 is 4.57 Å². The van der Waals surface area contributed by atoms with E-state index in [1.807, 2.05) is 103 Å². The van der Waals surface area contributed by atoms with E-state index in [-0.39, 0.29) is 52.0 Å². The second-order valence-corrected chi connectivity index (χ2v) is 12.9. The van der Waals surface area contributed by atoms with Crippen LogP contribution in [0.2, 0.25) is 0 Å². The summed E-state index contributed by atoms with van der Waals surface area (Å²) in [6.07, 6.45) is 0. The standard InChI is InChI=1S/C45H28N4S/c1-3-15-29(16-4-1)43-46-44(30-17-5-2-6-18-30)48-45(47-43)37-25-13-22-34(36-24-14-23-35-33-21-9-12-28-40(33)50-42(35)36)41(37)49-38-26-10-7-19-31(38)32-20-8-11-27-39(32)49/h1-28H/i7D,8D,10D,19D,20D,26D,27D. The molecule has 0 aliphatic heterocycles. The van der Waals surface area contributed by atoms with Gasteiger partial charge in [0.1, 0.15) is 0 Å². The Kier molecular flexibility index (Phi) is 5.17. The topological polar surface area (TPSA) is 43.6 Å². The fourth-order valence-electron chi connectivity index (χ4n) is 6.76. The molecule has 0 saturated heterocycles. The summed E-state index contributed by atoms with van der Waals surface area (Å²) in [5, 5.41) is 2.33. The van der Waals surface area contributed by atoms with Crippen LogP contribution >= 0.6 is 11.3 Å². The van der Waals surface area contributed by atoms with Gasteiger partial charge in [0.25, 0.3) is 0 Å². The molecule has 0 saturated carbocycles. The average Bonchev–Trinajstić information content (AvgIpc) is 3.82. The zero-order valence-corrected chi connectivity index (χ0v) is 27.1. The monoisotopic (exact) mass is 663 g/mol. The van der Waals surface area contributed by atoms with Crippen LogP contribution in [0.1, 0.15) is 9.60 Å². The Morgan fingerprint density at radius 1 is 0.440 bits per heavy atom. The second-order valence-electron chi connectivity index (χ2n) is 11.9. The molecule has 0 amide bonds. The van der Waals surface area contributed by atoms with E-state index in [1.165, 1.54) is 6.07 Å². The zero-order valence-electron chi connectivity index (χ0n) is 33.3. The van der Waals surface area contributed by atoms with Crippen LogP contribution in [0.15, 0.2) is 170 Å².